The zero-order valence-electron chi connectivity index (χ0n) is 17.1. The van der Waals surface area contributed by atoms with E-state index in [1.54, 1.807) is 24.5 Å². The molecule has 2 aliphatic heterocycles. The Labute approximate surface area is 199 Å². The van der Waals surface area contributed by atoms with Crippen LogP contribution in [0.3, 0.4) is 0 Å². The molecule has 3 aromatic rings. The highest BCUT2D eigenvalue weighted by atomic mass is 79.9. The summed E-state index contributed by atoms with van der Waals surface area (Å²) in [5, 5.41) is 20.7. The van der Waals surface area contributed by atoms with Gasteiger partial charge in [0.2, 0.25) is 30.0 Å². The summed E-state index contributed by atoms with van der Waals surface area (Å²) < 4.78 is 17.7. The molecule has 0 saturated carbocycles. The number of carbonyl (C=O) groups excluding carboxylic acids is 1. The van der Waals surface area contributed by atoms with E-state index >= 15 is 0 Å². The lowest BCUT2D eigenvalue weighted by molar-refractivity contribution is -0.386. The monoisotopic (exact) mass is 531 g/mol. The van der Waals surface area contributed by atoms with Crippen molar-refractivity contribution in [2.45, 2.75) is 18.3 Å². The number of halogens is 1. The summed E-state index contributed by atoms with van der Waals surface area (Å²) in [5.41, 5.74) is 1.10. The molecule has 0 spiro atoms. The maximum Gasteiger partial charge on any atom is 0.282 e. The fourth-order valence-corrected chi connectivity index (χ4v) is 4.33. The van der Waals surface area contributed by atoms with Gasteiger partial charge in [0.05, 0.1) is 22.2 Å². The number of nitro groups is 1. The number of aromatic nitrogens is 3. The number of nitro benzene ring substituents is 1. The van der Waals surface area contributed by atoms with Gasteiger partial charge >= 0.3 is 0 Å². The van der Waals surface area contributed by atoms with Gasteiger partial charge in [-0.25, -0.2) is 0 Å². The minimum Gasteiger partial charge on any atom is -0.454 e. The fourth-order valence-electron chi connectivity index (χ4n) is 3.67. The Morgan fingerprint density at radius 3 is 2.70 bits per heavy atom. The standard InChI is InChI=1S/C20H14BrN5O6S/c1-9(27)25-13-4-3-10(21)5-11(13)17-18(22-20(33-2)24-23-17)32-19(25)12-6-15-16(31-8-30-15)7-14(12)26(28)29/h3-7,19H,8H2,1-2H3/t19-/m0/s1. The second-order valence-corrected chi connectivity index (χ2v) is 8.68. The number of carbonyl (C=O) groups is 1. The molecule has 1 amide bonds. The molecule has 2 aromatic carbocycles. The second kappa shape index (κ2) is 8.15. The van der Waals surface area contributed by atoms with E-state index in [0.717, 1.165) is 4.47 Å². The highest BCUT2D eigenvalue weighted by Gasteiger charge is 2.39. The molecule has 1 atom stereocenters. The molecule has 5 rings (SSSR count). The number of nitrogens with zero attached hydrogens (tertiary/aromatic N) is 5. The van der Waals surface area contributed by atoms with Gasteiger partial charge in [0.1, 0.15) is 0 Å². The number of amides is 1. The first-order valence-corrected chi connectivity index (χ1v) is 11.5. The Balaban J connectivity index is 1.80. The molecule has 168 valence electrons. The molecule has 13 heteroatoms. The van der Waals surface area contributed by atoms with E-state index in [2.05, 4.69) is 31.1 Å². The van der Waals surface area contributed by atoms with Crippen LogP contribution in [-0.2, 0) is 4.79 Å². The molecule has 0 aliphatic carbocycles. The van der Waals surface area contributed by atoms with Gasteiger partial charge < -0.3 is 14.2 Å². The van der Waals surface area contributed by atoms with Crippen LogP contribution in [0.5, 0.6) is 17.4 Å². The van der Waals surface area contributed by atoms with Crippen LogP contribution in [0.1, 0.15) is 18.7 Å². The van der Waals surface area contributed by atoms with Crippen molar-refractivity contribution in [2.75, 3.05) is 17.9 Å². The lowest BCUT2D eigenvalue weighted by Crippen LogP contribution is -2.36. The largest absolute Gasteiger partial charge is 0.454 e. The van der Waals surface area contributed by atoms with E-state index in [1.807, 2.05) is 0 Å². The molecule has 0 bridgehead atoms. The number of ether oxygens (including phenoxy) is 3. The summed E-state index contributed by atoms with van der Waals surface area (Å²) in [6.07, 6.45) is 0.553. The third kappa shape index (κ3) is 3.62. The Hall–Kier alpha value is -3.45. The molecule has 11 nitrogen and oxygen atoms in total. The van der Waals surface area contributed by atoms with E-state index in [-0.39, 0.29) is 29.7 Å². The number of rotatable bonds is 3. The van der Waals surface area contributed by atoms with Crippen LogP contribution in [0, 0.1) is 10.1 Å². The molecule has 3 heterocycles. The molecule has 0 N–H and O–H groups in total. The predicted molar refractivity (Wildman–Crippen MR) is 120 cm³/mol. The smallest absolute Gasteiger partial charge is 0.282 e. The fraction of sp³-hybridized carbons (Fsp3) is 0.200. The molecule has 0 radical (unpaired) electrons. The van der Waals surface area contributed by atoms with Crippen LogP contribution in [-0.4, -0.2) is 39.1 Å². The van der Waals surface area contributed by atoms with Gasteiger partial charge in [0, 0.05) is 17.0 Å². The van der Waals surface area contributed by atoms with Gasteiger partial charge in [-0.2, -0.15) is 4.98 Å². The van der Waals surface area contributed by atoms with Crippen molar-refractivity contribution in [1.29, 1.82) is 0 Å². The molecule has 0 unspecified atom stereocenters. The van der Waals surface area contributed by atoms with Gasteiger partial charge in [-0.15, -0.1) is 10.2 Å². The van der Waals surface area contributed by atoms with Gasteiger partial charge in [-0.1, -0.05) is 27.7 Å². The van der Waals surface area contributed by atoms with Crippen LogP contribution >= 0.6 is 27.7 Å². The van der Waals surface area contributed by atoms with Crippen molar-refractivity contribution >= 4 is 45.0 Å². The van der Waals surface area contributed by atoms with Crippen molar-refractivity contribution in [2.24, 2.45) is 0 Å². The number of hydrogen-bond donors (Lipinski definition) is 0. The average molecular weight is 532 g/mol. The first-order valence-electron chi connectivity index (χ1n) is 9.50. The SMILES string of the molecule is CSc1nnc2c(n1)O[C@@H](c1cc3c(cc1[N+](=O)[O-])OCO3)N(C(C)=O)c1ccc(Br)cc1-2. The maximum atomic E-state index is 12.9. The lowest BCUT2D eigenvalue weighted by Gasteiger charge is -2.29. The summed E-state index contributed by atoms with van der Waals surface area (Å²) >= 11 is 4.70. The van der Waals surface area contributed by atoms with Gasteiger partial charge in [-0.3, -0.25) is 19.8 Å². The molecular weight excluding hydrogens is 518 g/mol. The molecular formula is C20H14BrN5O6S. The van der Waals surface area contributed by atoms with Gasteiger partial charge in [0.15, 0.2) is 17.2 Å². The van der Waals surface area contributed by atoms with E-state index < -0.39 is 17.1 Å². The van der Waals surface area contributed by atoms with Crippen LogP contribution in [0.2, 0.25) is 0 Å². The molecule has 0 saturated heterocycles. The average Bonchev–Trinajstić information content (AvgIpc) is 3.20. The van der Waals surface area contributed by atoms with E-state index in [9.17, 15) is 14.9 Å². The highest BCUT2D eigenvalue weighted by molar-refractivity contribution is 9.10. The Morgan fingerprint density at radius 2 is 2.00 bits per heavy atom. The summed E-state index contributed by atoms with van der Waals surface area (Å²) in [6.45, 7) is 1.29. The number of benzene rings is 2. The van der Waals surface area contributed by atoms with Crippen molar-refractivity contribution < 1.29 is 23.9 Å². The first-order chi connectivity index (χ1) is 15.9. The Kier molecular flexibility index (Phi) is 5.29. The van der Waals surface area contributed by atoms with E-state index in [1.165, 1.54) is 35.7 Å². The first kappa shape index (κ1) is 21.4. The Bertz CT molecular complexity index is 1320. The lowest BCUT2D eigenvalue weighted by atomic mass is 10.1. The van der Waals surface area contributed by atoms with Crippen LogP contribution < -0.4 is 19.1 Å². The third-order valence-electron chi connectivity index (χ3n) is 5.07. The number of anilines is 1. The van der Waals surface area contributed by atoms with Crippen LogP contribution in [0.4, 0.5) is 11.4 Å². The quantitative estimate of drug-likeness (QED) is 0.276. The van der Waals surface area contributed by atoms with Crippen LogP contribution in [0.25, 0.3) is 11.3 Å². The molecule has 1 aromatic heterocycles. The molecule has 0 fully saturated rings. The van der Waals surface area contributed by atoms with Crippen molar-refractivity contribution in [3.8, 4) is 28.6 Å². The van der Waals surface area contributed by atoms with Crippen molar-refractivity contribution in [3.05, 3.63) is 50.5 Å². The number of thioether (sulfide) groups is 1. The molecule has 2 aliphatic rings. The van der Waals surface area contributed by atoms with Gasteiger partial charge in [0.25, 0.3) is 5.69 Å². The minimum atomic E-state index is -1.23. The van der Waals surface area contributed by atoms with Crippen molar-refractivity contribution in [1.82, 2.24) is 15.2 Å². The van der Waals surface area contributed by atoms with Gasteiger partial charge in [-0.05, 0) is 30.5 Å². The third-order valence-corrected chi connectivity index (χ3v) is 6.10. The zero-order valence-corrected chi connectivity index (χ0v) is 19.5. The number of hydrogen-bond acceptors (Lipinski definition) is 10. The normalized spacial score (nSPS) is 15.8. The predicted octanol–water partition coefficient (Wildman–Crippen LogP) is 4.10. The topological polar surface area (TPSA) is 130 Å². The van der Waals surface area contributed by atoms with E-state index in [4.69, 9.17) is 14.2 Å². The number of fused-ring (bicyclic) bond motifs is 4. The summed E-state index contributed by atoms with van der Waals surface area (Å²) in [7, 11) is 0. The second-order valence-electron chi connectivity index (χ2n) is 6.99. The molecule has 33 heavy (non-hydrogen) atoms. The Morgan fingerprint density at radius 1 is 1.24 bits per heavy atom. The van der Waals surface area contributed by atoms with Crippen molar-refractivity contribution in [3.63, 3.8) is 0 Å². The van der Waals surface area contributed by atoms with Crippen LogP contribution in [0.15, 0.2) is 40.0 Å². The highest BCUT2D eigenvalue weighted by Crippen LogP contribution is 2.48. The zero-order chi connectivity index (χ0) is 23.3. The summed E-state index contributed by atoms with van der Waals surface area (Å²) in [4.78, 5) is 30.1. The van der Waals surface area contributed by atoms with E-state index in [0.29, 0.717) is 27.9 Å². The minimum absolute atomic E-state index is 0.0637. The maximum absolute atomic E-state index is 12.9. The summed E-state index contributed by atoms with van der Waals surface area (Å²) in [5.74, 6) is 0.247. The summed E-state index contributed by atoms with van der Waals surface area (Å²) in [6, 6.07) is 7.93.